The summed E-state index contributed by atoms with van der Waals surface area (Å²) in [5, 5.41) is 1.14. The van der Waals surface area contributed by atoms with Crippen LogP contribution < -0.4 is 10.6 Å². The van der Waals surface area contributed by atoms with E-state index >= 15 is 0 Å². The second-order valence-corrected chi connectivity index (χ2v) is 6.98. The molecule has 17 heavy (non-hydrogen) atoms. The molecule has 0 amide bonds. The third-order valence-corrected chi connectivity index (χ3v) is 4.67. The van der Waals surface area contributed by atoms with Crippen LogP contribution in [0.4, 0.5) is 5.13 Å². The molecule has 1 aliphatic rings. The van der Waals surface area contributed by atoms with E-state index in [0.29, 0.717) is 12.6 Å². The van der Waals surface area contributed by atoms with Crippen molar-refractivity contribution in [1.82, 2.24) is 4.98 Å². The normalized spacial score (nSPS) is 17.0. The van der Waals surface area contributed by atoms with Crippen LogP contribution in [0.5, 0.6) is 0 Å². The molecule has 4 heteroatoms. The molecule has 0 bridgehead atoms. The predicted molar refractivity (Wildman–Crippen MR) is 74.7 cm³/mol. The predicted octanol–water partition coefficient (Wildman–Crippen LogP) is 2.89. The first-order chi connectivity index (χ1) is 7.93. The zero-order valence-electron chi connectivity index (χ0n) is 11.3. The Bertz CT molecular complexity index is 388. The highest BCUT2D eigenvalue weighted by atomic mass is 32.1. The van der Waals surface area contributed by atoms with Gasteiger partial charge in [0.15, 0.2) is 5.13 Å². The Hall–Kier alpha value is -0.610. The van der Waals surface area contributed by atoms with E-state index in [1.54, 1.807) is 11.3 Å². The lowest BCUT2D eigenvalue weighted by molar-refractivity contribution is 0.400. The lowest BCUT2D eigenvalue weighted by Gasteiger charge is -2.34. The molecule has 1 aromatic rings. The van der Waals surface area contributed by atoms with Gasteiger partial charge in [-0.3, -0.25) is 0 Å². The standard InChI is InChI=1S/C13H23N3S/c1-13(2,3)11-10(8-14)17-12(15-11)16(4)9-6-5-7-9/h9H,5-8,14H2,1-4H3. The SMILES string of the molecule is CN(c1nc(C(C)(C)C)c(CN)s1)C1CCC1. The largest absolute Gasteiger partial charge is 0.348 e. The van der Waals surface area contributed by atoms with Crippen LogP contribution in [-0.2, 0) is 12.0 Å². The maximum atomic E-state index is 5.84. The number of aromatic nitrogens is 1. The average molecular weight is 253 g/mol. The van der Waals surface area contributed by atoms with Crippen LogP contribution in [0, 0.1) is 0 Å². The van der Waals surface area contributed by atoms with E-state index in [4.69, 9.17) is 10.7 Å². The fourth-order valence-corrected chi connectivity index (χ4v) is 3.33. The molecule has 0 spiro atoms. The highest BCUT2D eigenvalue weighted by Crippen LogP contribution is 2.36. The van der Waals surface area contributed by atoms with Gasteiger partial charge in [-0.15, -0.1) is 11.3 Å². The molecule has 2 N–H and O–H groups in total. The quantitative estimate of drug-likeness (QED) is 0.900. The molecule has 0 unspecified atom stereocenters. The Balaban J connectivity index is 2.27. The Morgan fingerprint density at radius 3 is 2.41 bits per heavy atom. The Kier molecular flexibility index (Phi) is 3.46. The summed E-state index contributed by atoms with van der Waals surface area (Å²) in [6, 6.07) is 0.694. The fourth-order valence-electron chi connectivity index (χ4n) is 2.14. The molecule has 1 heterocycles. The lowest BCUT2D eigenvalue weighted by Crippen LogP contribution is -2.37. The molecular formula is C13H23N3S. The van der Waals surface area contributed by atoms with Crippen molar-refractivity contribution in [3.63, 3.8) is 0 Å². The van der Waals surface area contributed by atoms with E-state index in [0.717, 1.165) is 5.13 Å². The van der Waals surface area contributed by atoms with Crippen molar-refractivity contribution in [2.75, 3.05) is 11.9 Å². The smallest absolute Gasteiger partial charge is 0.185 e. The molecule has 0 aliphatic heterocycles. The lowest BCUT2D eigenvalue weighted by atomic mass is 9.91. The average Bonchev–Trinajstić information content (AvgIpc) is 2.57. The van der Waals surface area contributed by atoms with E-state index in [1.165, 1.54) is 29.8 Å². The van der Waals surface area contributed by atoms with Crippen LogP contribution in [0.2, 0.25) is 0 Å². The van der Waals surface area contributed by atoms with Gasteiger partial charge in [-0.05, 0) is 19.3 Å². The zero-order chi connectivity index (χ0) is 12.6. The maximum Gasteiger partial charge on any atom is 0.185 e. The molecule has 1 saturated carbocycles. The van der Waals surface area contributed by atoms with Gasteiger partial charge in [0.05, 0.1) is 5.69 Å². The summed E-state index contributed by atoms with van der Waals surface area (Å²) >= 11 is 1.76. The first kappa shape index (κ1) is 12.8. The van der Waals surface area contributed by atoms with Crippen molar-refractivity contribution < 1.29 is 0 Å². The zero-order valence-corrected chi connectivity index (χ0v) is 12.1. The van der Waals surface area contributed by atoms with E-state index in [9.17, 15) is 0 Å². The second kappa shape index (κ2) is 4.58. The first-order valence-electron chi connectivity index (χ1n) is 6.36. The molecule has 0 aromatic carbocycles. The number of rotatable bonds is 3. The van der Waals surface area contributed by atoms with Gasteiger partial charge in [-0.25, -0.2) is 4.98 Å². The number of hydrogen-bond acceptors (Lipinski definition) is 4. The van der Waals surface area contributed by atoms with Crippen LogP contribution in [0.25, 0.3) is 0 Å². The Labute approximate surface area is 108 Å². The minimum absolute atomic E-state index is 0.0872. The molecule has 1 aromatic heterocycles. The number of hydrogen-bond donors (Lipinski definition) is 1. The monoisotopic (exact) mass is 253 g/mol. The molecule has 1 fully saturated rings. The molecule has 2 rings (SSSR count). The van der Waals surface area contributed by atoms with E-state index in [-0.39, 0.29) is 5.41 Å². The summed E-state index contributed by atoms with van der Waals surface area (Å²) in [4.78, 5) is 8.39. The third kappa shape index (κ3) is 2.47. The van der Waals surface area contributed by atoms with Crippen molar-refractivity contribution >= 4 is 16.5 Å². The van der Waals surface area contributed by atoms with E-state index in [2.05, 4.69) is 32.7 Å². The van der Waals surface area contributed by atoms with Crippen LogP contribution in [0.15, 0.2) is 0 Å². The molecule has 3 nitrogen and oxygen atoms in total. The second-order valence-electron chi connectivity index (χ2n) is 5.92. The van der Waals surface area contributed by atoms with Gasteiger partial charge in [-0.2, -0.15) is 0 Å². The van der Waals surface area contributed by atoms with Crippen LogP contribution in [0.3, 0.4) is 0 Å². The third-order valence-electron chi connectivity index (χ3n) is 3.51. The molecule has 0 saturated heterocycles. The number of anilines is 1. The van der Waals surface area contributed by atoms with Gasteiger partial charge in [-0.1, -0.05) is 20.8 Å². The maximum absolute atomic E-state index is 5.84. The van der Waals surface area contributed by atoms with Gasteiger partial charge in [0.25, 0.3) is 0 Å². The molecule has 0 radical (unpaired) electrons. The number of thiazole rings is 1. The molecule has 96 valence electrons. The summed E-state index contributed by atoms with van der Waals surface area (Å²) < 4.78 is 0. The minimum Gasteiger partial charge on any atom is -0.348 e. The van der Waals surface area contributed by atoms with Crippen molar-refractivity contribution in [2.24, 2.45) is 5.73 Å². The van der Waals surface area contributed by atoms with Gasteiger partial charge in [0.1, 0.15) is 0 Å². The van der Waals surface area contributed by atoms with Gasteiger partial charge >= 0.3 is 0 Å². The first-order valence-corrected chi connectivity index (χ1v) is 7.18. The Morgan fingerprint density at radius 1 is 1.41 bits per heavy atom. The van der Waals surface area contributed by atoms with Gasteiger partial charge < -0.3 is 10.6 Å². The van der Waals surface area contributed by atoms with Crippen molar-refractivity contribution in [3.05, 3.63) is 10.6 Å². The van der Waals surface area contributed by atoms with Gasteiger partial charge in [0, 0.05) is 29.9 Å². The van der Waals surface area contributed by atoms with Gasteiger partial charge in [0.2, 0.25) is 0 Å². The number of nitrogens with two attached hydrogens (primary N) is 1. The summed E-state index contributed by atoms with van der Waals surface area (Å²) in [5.41, 5.74) is 7.09. The highest BCUT2D eigenvalue weighted by molar-refractivity contribution is 7.15. The van der Waals surface area contributed by atoms with Crippen LogP contribution >= 0.6 is 11.3 Å². The summed E-state index contributed by atoms with van der Waals surface area (Å²) in [6.07, 6.45) is 3.97. The Morgan fingerprint density at radius 2 is 2.06 bits per heavy atom. The van der Waals surface area contributed by atoms with Crippen LogP contribution in [-0.4, -0.2) is 18.1 Å². The minimum atomic E-state index is 0.0872. The molecular weight excluding hydrogens is 230 g/mol. The van der Waals surface area contributed by atoms with Crippen molar-refractivity contribution in [3.8, 4) is 0 Å². The summed E-state index contributed by atoms with van der Waals surface area (Å²) in [5.74, 6) is 0. The highest BCUT2D eigenvalue weighted by Gasteiger charge is 2.28. The van der Waals surface area contributed by atoms with E-state index in [1.807, 2.05) is 0 Å². The summed E-state index contributed by atoms with van der Waals surface area (Å²) in [7, 11) is 2.16. The van der Waals surface area contributed by atoms with Crippen molar-refractivity contribution in [2.45, 2.75) is 58.0 Å². The summed E-state index contributed by atoms with van der Waals surface area (Å²) in [6.45, 7) is 7.21. The molecule has 1 aliphatic carbocycles. The number of nitrogens with zero attached hydrogens (tertiary/aromatic N) is 2. The fraction of sp³-hybridized carbons (Fsp3) is 0.769. The topological polar surface area (TPSA) is 42.2 Å². The molecule has 0 atom stereocenters. The van der Waals surface area contributed by atoms with Crippen LogP contribution in [0.1, 0.15) is 50.6 Å². The van der Waals surface area contributed by atoms with E-state index < -0.39 is 0 Å². The van der Waals surface area contributed by atoms with Crippen molar-refractivity contribution in [1.29, 1.82) is 0 Å².